The average Bonchev–Trinajstić information content (AvgIpc) is 2.29. The Morgan fingerprint density at radius 2 is 2.06 bits per heavy atom. The molecule has 0 saturated carbocycles. The van der Waals surface area contributed by atoms with Crippen LogP contribution in [0.2, 0.25) is 0 Å². The Balaban J connectivity index is 2.43. The van der Waals surface area contributed by atoms with E-state index in [1.165, 1.54) is 6.42 Å². The monoisotopic (exact) mass is 226 g/mol. The van der Waals surface area contributed by atoms with Crippen molar-refractivity contribution in [3.63, 3.8) is 0 Å². The van der Waals surface area contributed by atoms with Crippen molar-refractivity contribution in [2.75, 3.05) is 13.1 Å². The van der Waals surface area contributed by atoms with Crippen LogP contribution < -0.4 is 11.1 Å². The molecule has 0 bridgehead atoms. The molecule has 92 valence electrons. The molecular weight excluding hydrogens is 204 g/mol. The Kier molecular flexibility index (Phi) is 5.08. The fourth-order valence-electron chi connectivity index (χ4n) is 1.93. The maximum atomic E-state index is 11.9. The van der Waals surface area contributed by atoms with E-state index in [0.29, 0.717) is 0 Å². The smallest absolute Gasteiger partial charge is 0.317 e. The molecule has 1 aliphatic rings. The lowest BCUT2D eigenvalue weighted by Gasteiger charge is -2.29. The van der Waals surface area contributed by atoms with E-state index < -0.39 is 0 Å². The van der Waals surface area contributed by atoms with Gasteiger partial charge in [-0.25, -0.2) is 4.79 Å². The maximum Gasteiger partial charge on any atom is 0.317 e. The number of urea groups is 1. The second-order valence-electron chi connectivity index (χ2n) is 4.29. The number of piperidine rings is 1. The molecule has 5 nitrogen and oxygen atoms in total. The van der Waals surface area contributed by atoms with Crippen LogP contribution in [0.1, 0.15) is 39.0 Å². The lowest BCUT2D eigenvalue weighted by molar-refractivity contribution is 0.184. The molecule has 1 unspecified atom stereocenters. The van der Waals surface area contributed by atoms with Crippen LogP contribution in [0.4, 0.5) is 4.79 Å². The predicted molar refractivity (Wildman–Crippen MR) is 64.6 cm³/mol. The highest BCUT2D eigenvalue weighted by Crippen LogP contribution is 2.09. The third-order valence-corrected chi connectivity index (χ3v) is 2.89. The minimum Gasteiger partial charge on any atom is -0.386 e. The van der Waals surface area contributed by atoms with Gasteiger partial charge in [0, 0.05) is 13.1 Å². The average molecular weight is 226 g/mol. The molecule has 1 rings (SSSR count). The number of carbonyl (C=O) groups is 1. The zero-order valence-electron chi connectivity index (χ0n) is 9.96. The molecule has 5 heteroatoms. The van der Waals surface area contributed by atoms with Gasteiger partial charge in [0.1, 0.15) is 5.84 Å². The molecule has 0 radical (unpaired) electrons. The van der Waals surface area contributed by atoms with Gasteiger partial charge < -0.3 is 16.0 Å². The number of likely N-dealkylation sites (tertiary alicyclic amines) is 1. The van der Waals surface area contributed by atoms with E-state index in [1.54, 1.807) is 0 Å². The van der Waals surface area contributed by atoms with Gasteiger partial charge >= 0.3 is 6.03 Å². The fraction of sp³-hybridized carbons (Fsp3) is 0.818. The zero-order valence-corrected chi connectivity index (χ0v) is 9.96. The molecule has 2 amide bonds. The van der Waals surface area contributed by atoms with E-state index in [4.69, 9.17) is 11.1 Å². The molecule has 0 aromatic carbocycles. The Hall–Kier alpha value is -1.26. The Labute approximate surface area is 96.9 Å². The first-order chi connectivity index (χ1) is 7.65. The molecule has 1 saturated heterocycles. The van der Waals surface area contributed by atoms with Gasteiger partial charge in [-0.3, -0.25) is 5.41 Å². The van der Waals surface area contributed by atoms with Crippen molar-refractivity contribution in [1.82, 2.24) is 10.2 Å². The third kappa shape index (κ3) is 3.72. The second kappa shape index (κ2) is 6.35. The number of nitrogens with zero attached hydrogens (tertiary/aromatic N) is 1. The van der Waals surface area contributed by atoms with Crippen LogP contribution in [0.3, 0.4) is 0 Å². The van der Waals surface area contributed by atoms with Crippen molar-refractivity contribution in [2.24, 2.45) is 5.73 Å². The van der Waals surface area contributed by atoms with Crippen molar-refractivity contribution < 1.29 is 4.79 Å². The van der Waals surface area contributed by atoms with Gasteiger partial charge in [-0.05, 0) is 25.7 Å². The first kappa shape index (κ1) is 12.8. The Morgan fingerprint density at radius 3 is 2.56 bits per heavy atom. The van der Waals surface area contributed by atoms with Crippen molar-refractivity contribution in [3.8, 4) is 0 Å². The predicted octanol–water partition coefficient (Wildman–Crippen LogP) is 1.29. The summed E-state index contributed by atoms with van der Waals surface area (Å²) < 4.78 is 0. The fourth-order valence-corrected chi connectivity index (χ4v) is 1.93. The minimum absolute atomic E-state index is 0.0483. The number of amidine groups is 1. The summed E-state index contributed by atoms with van der Waals surface area (Å²) in [5.41, 5.74) is 5.45. The van der Waals surface area contributed by atoms with Gasteiger partial charge in [0.25, 0.3) is 0 Å². The van der Waals surface area contributed by atoms with Gasteiger partial charge in [-0.1, -0.05) is 13.3 Å². The topological polar surface area (TPSA) is 82.2 Å². The summed E-state index contributed by atoms with van der Waals surface area (Å²) in [7, 11) is 0. The van der Waals surface area contributed by atoms with Gasteiger partial charge in [-0.15, -0.1) is 0 Å². The highest BCUT2D eigenvalue weighted by Gasteiger charge is 2.20. The van der Waals surface area contributed by atoms with Crippen LogP contribution in [0.15, 0.2) is 0 Å². The molecule has 0 aromatic rings. The summed E-state index contributed by atoms with van der Waals surface area (Å²) >= 11 is 0. The highest BCUT2D eigenvalue weighted by molar-refractivity contribution is 5.87. The van der Waals surface area contributed by atoms with E-state index in [2.05, 4.69) is 5.32 Å². The van der Waals surface area contributed by atoms with E-state index in [1.807, 2.05) is 11.8 Å². The third-order valence-electron chi connectivity index (χ3n) is 2.89. The van der Waals surface area contributed by atoms with Crippen LogP contribution in [0.5, 0.6) is 0 Å². The molecule has 0 aromatic heterocycles. The summed E-state index contributed by atoms with van der Waals surface area (Å²) in [6, 6.07) is -0.382. The van der Waals surface area contributed by atoms with E-state index in [9.17, 15) is 4.79 Å². The molecule has 1 atom stereocenters. The number of hydrogen-bond acceptors (Lipinski definition) is 2. The first-order valence-electron chi connectivity index (χ1n) is 6.04. The first-order valence-corrected chi connectivity index (χ1v) is 6.04. The number of hydrogen-bond donors (Lipinski definition) is 3. The van der Waals surface area contributed by atoms with Gasteiger partial charge in [0.15, 0.2) is 0 Å². The molecule has 1 fully saturated rings. The molecular formula is C11H22N4O. The van der Waals surface area contributed by atoms with Crippen molar-refractivity contribution in [1.29, 1.82) is 5.41 Å². The van der Waals surface area contributed by atoms with E-state index >= 15 is 0 Å². The summed E-state index contributed by atoms with van der Waals surface area (Å²) in [4.78, 5) is 13.7. The molecule has 4 N–H and O–H groups in total. The second-order valence-corrected chi connectivity index (χ2v) is 4.29. The van der Waals surface area contributed by atoms with Crippen LogP contribution in [0.25, 0.3) is 0 Å². The van der Waals surface area contributed by atoms with E-state index in [0.717, 1.165) is 38.8 Å². The van der Waals surface area contributed by atoms with Crippen LogP contribution >= 0.6 is 0 Å². The molecule has 1 aliphatic heterocycles. The normalized spacial score (nSPS) is 17.9. The quantitative estimate of drug-likeness (QED) is 0.498. The van der Waals surface area contributed by atoms with Crippen molar-refractivity contribution in [3.05, 3.63) is 0 Å². The number of amides is 2. The molecule has 0 spiro atoms. The standard InChI is InChI=1S/C11H22N4O/c1-2-6-9(10(12)13)14-11(16)15-7-4-3-5-8-15/h9H,2-8H2,1H3,(H3,12,13)(H,14,16). The Morgan fingerprint density at radius 1 is 1.44 bits per heavy atom. The number of carbonyl (C=O) groups excluding carboxylic acids is 1. The summed E-state index contributed by atoms with van der Waals surface area (Å²) in [5, 5.41) is 10.2. The number of nitrogens with two attached hydrogens (primary N) is 1. The van der Waals surface area contributed by atoms with E-state index in [-0.39, 0.29) is 17.9 Å². The Bertz CT molecular complexity index is 248. The number of rotatable bonds is 4. The SMILES string of the molecule is CCCC(NC(=O)N1CCCCC1)C(=N)N. The molecule has 16 heavy (non-hydrogen) atoms. The van der Waals surface area contributed by atoms with Crippen LogP contribution in [0, 0.1) is 5.41 Å². The largest absolute Gasteiger partial charge is 0.386 e. The lowest BCUT2D eigenvalue weighted by Crippen LogP contribution is -2.50. The zero-order chi connectivity index (χ0) is 12.0. The highest BCUT2D eigenvalue weighted by atomic mass is 16.2. The van der Waals surface area contributed by atoms with Gasteiger partial charge in [-0.2, -0.15) is 0 Å². The minimum atomic E-state index is -0.306. The lowest BCUT2D eigenvalue weighted by atomic mass is 10.1. The summed E-state index contributed by atoms with van der Waals surface area (Å²) in [6.07, 6.45) is 4.99. The number of nitrogens with one attached hydrogen (secondary N) is 2. The maximum absolute atomic E-state index is 11.9. The van der Waals surface area contributed by atoms with Crippen molar-refractivity contribution in [2.45, 2.75) is 45.1 Å². The van der Waals surface area contributed by atoms with Gasteiger partial charge in [0.05, 0.1) is 6.04 Å². The molecule has 1 heterocycles. The molecule has 0 aliphatic carbocycles. The van der Waals surface area contributed by atoms with Crippen LogP contribution in [-0.4, -0.2) is 35.9 Å². The van der Waals surface area contributed by atoms with Gasteiger partial charge in [0.2, 0.25) is 0 Å². The van der Waals surface area contributed by atoms with Crippen LogP contribution in [-0.2, 0) is 0 Å². The van der Waals surface area contributed by atoms with Crippen molar-refractivity contribution >= 4 is 11.9 Å². The summed E-state index contributed by atoms with van der Waals surface area (Å²) in [5.74, 6) is 0.0483. The summed E-state index contributed by atoms with van der Waals surface area (Å²) in [6.45, 7) is 3.66.